The van der Waals surface area contributed by atoms with Gasteiger partial charge in [-0.15, -0.1) is 0 Å². The van der Waals surface area contributed by atoms with Gasteiger partial charge in [0.25, 0.3) is 0 Å². The number of esters is 2. The molecule has 2 atom stereocenters. The number of hydrogen-bond donors (Lipinski definition) is 0. The Bertz CT molecular complexity index is 1040. The monoisotopic (exact) mass is 501 g/mol. The van der Waals surface area contributed by atoms with E-state index in [-0.39, 0.29) is 29.5 Å². The highest BCUT2D eigenvalue weighted by Gasteiger charge is 2.39. The average Bonchev–Trinajstić information content (AvgIpc) is 2.82. The lowest BCUT2D eigenvalue weighted by molar-refractivity contribution is -0.172. The lowest BCUT2D eigenvalue weighted by atomic mass is 9.91. The molecule has 0 aliphatic heterocycles. The maximum atomic E-state index is 13.1. The van der Waals surface area contributed by atoms with E-state index >= 15 is 0 Å². The van der Waals surface area contributed by atoms with Gasteiger partial charge in [0.05, 0.1) is 13.0 Å². The summed E-state index contributed by atoms with van der Waals surface area (Å²) >= 11 is 0. The van der Waals surface area contributed by atoms with Crippen LogP contribution in [0.25, 0.3) is 0 Å². The molecule has 2 aromatic rings. The van der Waals surface area contributed by atoms with Crippen molar-refractivity contribution in [2.24, 2.45) is 11.8 Å². The van der Waals surface area contributed by atoms with E-state index < -0.39 is 42.1 Å². The fourth-order valence-electron chi connectivity index (χ4n) is 3.70. The van der Waals surface area contributed by atoms with Crippen molar-refractivity contribution in [3.8, 4) is 17.2 Å². The van der Waals surface area contributed by atoms with Gasteiger partial charge in [-0.25, -0.2) is 4.98 Å². The molecule has 1 aromatic heterocycles. The van der Waals surface area contributed by atoms with Gasteiger partial charge in [0.1, 0.15) is 17.5 Å². The Balaban J connectivity index is 2.12. The van der Waals surface area contributed by atoms with Gasteiger partial charge in [-0.05, 0) is 31.9 Å². The van der Waals surface area contributed by atoms with Crippen molar-refractivity contribution in [2.75, 3.05) is 13.9 Å². The highest BCUT2D eigenvalue weighted by atomic mass is 16.7. The Morgan fingerprint density at radius 1 is 1.03 bits per heavy atom. The van der Waals surface area contributed by atoms with E-state index in [0.717, 1.165) is 0 Å². The lowest BCUT2D eigenvalue weighted by Crippen LogP contribution is -2.48. The molecule has 2 rings (SSSR count). The summed E-state index contributed by atoms with van der Waals surface area (Å²) in [6, 6.07) is 10.8. The SMILES string of the molecule is COc1ccnc(C(=O)C[C@@H](C)C(=O)OC(C)(C)[C@@H](Oc2ccccc2)C(C)C)c1OCOC(C)=O. The van der Waals surface area contributed by atoms with Crippen LogP contribution >= 0.6 is 0 Å². The largest absolute Gasteiger partial charge is 0.493 e. The Labute approximate surface area is 212 Å². The number of ether oxygens (including phenoxy) is 5. The minimum atomic E-state index is -0.967. The molecule has 0 saturated carbocycles. The molecule has 1 aromatic carbocycles. The zero-order valence-corrected chi connectivity index (χ0v) is 21.9. The van der Waals surface area contributed by atoms with Crippen LogP contribution in [0.15, 0.2) is 42.6 Å². The van der Waals surface area contributed by atoms with Gasteiger partial charge >= 0.3 is 11.9 Å². The summed E-state index contributed by atoms with van der Waals surface area (Å²) in [6.45, 7) is 9.98. The molecule has 36 heavy (non-hydrogen) atoms. The first-order valence-electron chi connectivity index (χ1n) is 11.7. The molecule has 0 bridgehead atoms. The number of hydrogen-bond acceptors (Lipinski definition) is 9. The van der Waals surface area contributed by atoms with E-state index in [9.17, 15) is 14.4 Å². The maximum absolute atomic E-state index is 13.1. The number of rotatable bonds is 13. The second-order valence-electron chi connectivity index (χ2n) is 9.24. The first-order valence-corrected chi connectivity index (χ1v) is 11.7. The number of pyridine rings is 1. The molecule has 0 aliphatic carbocycles. The molecule has 9 heteroatoms. The number of benzene rings is 1. The van der Waals surface area contributed by atoms with Crippen LogP contribution in [0.5, 0.6) is 17.2 Å². The summed E-state index contributed by atoms with van der Waals surface area (Å²) in [6.07, 6.45) is 0.795. The molecule has 0 spiro atoms. The standard InChI is InChI=1S/C27H35NO8/c1-17(2)25(35-20-11-9-8-10-12-20)27(5,6)36-26(31)18(3)15-21(30)23-24(34-16-33-19(4)29)22(32-7)13-14-28-23/h8-14,17-18,25H,15-16H2,1-7H3/t18-,25+/m1/s1. The lowest BCUT2D eigenvalue weighted by Gasteiger charge is -2.37. The van der Waals surface area contributed by atoms with Crippen LogP contribution in [0.4, 0.5) is 0 Å². The third-order valence-electron chi connectivity index (χ3n) is 5.37. The molecule has 196 valence electrons. The quantitative estimate of drug-likeness (QED) is 0.220. The second-order valence-corrected chi connectivity index (χ2v) is 9.24. The molecule has 0 aliphatic rings. The van der Waals surface area contributed by atoms with Crippen LogP contribution in [0.1, 0.15) is 58.5 Å². The minimum Gasteiger partial charge on any atom is -0.493 e. The van der Waals surface area contributed by atoms with Crippen molar-refractivity contribution in [1.82, 2.24) is 4.98 Å². The molecular weight excluding hydrogens is 466 g/mol. The van der Waals surface area contributed by atoms with Crippen molar-refractivity contribution in [3.05, 3.63) is 48.3 Å². The second kappa shape index (κ2) is 12.9. The van der Waals surface area contributed by atoms with Crippen LogP contribution in [0.3, 0.4) is 0 Å². The summed E-state index contributed by atoms with van der Waals surface area (Å²) in [5, 5.41) is 0. The highest BCUT2D eigenvalue weighted by Crippen LogP contribution is 2.32. The minimum absolute atomic E-state index is 0.0308. The third kappa shape index (κ3) is 7.96. The summed E-state index contributed by atoms with van der Waals surface area (Å²) < 4.78 is 27.5. The zero-order chi connectivity index (χ0) is 26.9. The fraction of sp³-hybridized carbons (Fsp3) is 0.481. The van der Waals surface area contributed by atoms with Gasteiger partial charge in [0.2, 0.25) is 6.79 Å². The molecule has 0 unspecified atom stereocenters. The molecule has 0 saturated heterocycles. The van der Waals surface area contributed by atoms with E-state index in [4.69, 9.17) is 23.7 Å². The fourth-order valence-corrected chi connectivity index (χ4v) is 3.70. The van der Waals surface area contributed by atoms with E-state index in [1.54, 1.807) is 20.8 Å². The van der Waals surface area contributed by atoms with E-state index in [1.165, 1.54) is 26.3 Å². The Kier molecular flexibility index (Phi) is 10.3. The smallest absolute Gasteiger partial charge is 0.309 e. The van der Waals surface area contributed by atoms with Crippen molar-refractivity contribution < 1.29 is 38.1 Å². The van der Waals surface area contributed by atoms with Crippen molar-refractivity contribution in [1.29, 1.82) is 0 Å². The van der Waals surface area contributed by atoms with E-state index in [0.29, 0.717) is 5.75 Å². The van der Waals surface area contributed by atoms with Crippen LogP contribution in [-0.2, 0) is 19.1 Å². The topological polar surface area (TPSA) is 110 Å². The van der Waals surface area contributed by atoms with Crippen molar-refractivity contribution >= 4 is 17.7 Å². The number of nitrogens with zero attached hydrogens (tertiary/aromatic N) is 1. The summed E-state index contributed by atoms with van der Waals surface area (Å²) in [5.41, 5.74) is -1.00. The zero-order valence-electron chi connectivity index (χ0n) is 21.9. The first kappa shape index (κ1) is 28.6. The maximum Gasteiger partial charge on any atom is 0.309 e. The molecule has 0 radical (unpaired) electrons. The predicted molar refractivity (Wildman–Crippen MR) is 132 cm³/mol. The number of ketones is 1. The Morgan fingerprint density at radius 2 is 1.69 bits per heavy atom. The van der Waals surface area contributed by atoms with Gasteiger partial charge in [0, 0.05) is 25.6 Å². The summed E-state index contributed by atoms with van der Waals surface area (Å²) in [4.78, 5) is 41.2. The third-order valence-corrected chi connectivity index (χ3v) is 5.37. The van der Waals surface area contributed by atoms with Crippen molar-refractivity contribution in [2.45, 2.75) is 59.7 Å². The first-order chi connectivity index (χ1) is 17.0. The number of para-hydroxylation sites is 1. The highest BCUT2D eigenvalue weighted by molar-refractivity contribution is 5.99. The number of methoxy groups -OCH3 is 1. The van der Waals surface area contributed by atoms with Gasteiger partial charge in [-0.3, -0.25) is 14.4 Å². The number of carbonyl (C=O) groups excluding carboxylic acids is 3. The average molecular weight is 502 g/mol. The number of Topliss-reactive ketones (excluding diaryl/α,β-unsaturated/α-hetero) is 1. The van der Waals surface area contributed by atoms with Gasteiger partial charge < -0.3 is 23.7 Å². The van der Waals surface area contributed by atoms with Crippen LogP contribution < -0.4 is 14.2 Å². The van der Waals surface area contributed by atoms with Crippen LogP contribution in [0, 0.1) is 11.8 Å². The van der Waals surface area contributed by atoms with Crippen molar-refractivity contribution in [3.63, 3.8) is 0 Å². The summed E-state index contributed by atoms with van der Waals surface area (Å²) in [5.74, 6) is -1.30. The van der Waals surface area contributed by atoms with Gasteiger partial charge in [-0.1, -0.05) is 39.0 Å². The van der Waals surface area contributed by atoms with E-state index in [2.05, 4.69) is 4.98 Å². The summed E-state index contributed by atoms with van der Waals surface area (Å²) in [7, 11) is 1.41. The Morgan fingerprint density at radius 3 is 2.28 bits per heavy atom. The van der Waals surface area contributed by atoms with Crippen LogP contribution in [-0.4, -0.2) is 48.3 Å². The van der Waals surface area contributed by atoms with Gasteiger partial charge in [0.15, 0.2) is 23.0 Å². The molecule has 0 N–H and O–H groups in total. The molecular formula is C27H35NO8. The Hall–Kier alpha value is -3.62. The molecule has 0 amide bonds. The normalized spacial score (nSPS) is 12.9. The van der Waals surface area contributed by atoms with Gasteiger partial charge in [-0.2, -0.15) is 0 Å². The van der Waals surface area contributed by atoms with Crippen LogP contribution in [0.2, 0.25) is 0 Å². The molecule has 9 nitrogen and oxygen atoms in total. The number of carbonyl (C=O) groups is 3. The van der Waals surface area contributed by atoms with E-state index in [1.807, 2.05) is 44.2 Å². The number of aromatic nitrogens is 1. The molecule has 0 fully saturated rings. The molecule has 1 heterocycles. The predicted octanol–water partition coefficient (Wildman–Crippen LogP) is 4.62.